The SMILES string of the molecule is Cc1cc(C(=O)O)nc(NCC2(C)CCCC2)n1. The second-order valence-corrected chi connectivity index (χ2v) is 5.39. The van der Waals surface area contributed by atoms with Gasteiger partial charge in [-0.3, -0.25) is 0 Å². The third kappa shape index (κ3) is 2.97. The van der Waals surface area contributed by atoms with E-state index < -0.39 is 5.97 Å². The van der Waals surface area contributed by atoms with Crippen molar-refractivity contribution in [2.24, 2.45) is 5.41 Å². The number of hydrogen-bond donors (Lipinski definition) is 2. The number of nitrogens with zero attached hydrogens (tertiary/aromatic N) is 2. The summed E-state index contributed by atoms with van der Waals surface area (Å²) in [6.45, 7) is 4.83. The van der Waals surface area contributed by atoms with Crippen LogP contribution in [0.5, 0.6) is 0 Å². The molecule has 0 amide bonds. The fourth-order valence-electron chi connectivity index (χ4n) is 2.45. The van der Waals surface area contributed by atoms with Crippen molar-refractivity contribution in [2.45, 2.75) is 39.5 Å². The summed E-state index contributed by atoms with van der Waals surface area (Å²) in [5.74, 6) is -0.601. The normalized spacial score (nSPS) is 17.7. The molecule has 18 heavy (non-hydrogen) atoms. The Morgan fingerprint density at radius 1 is 1.44 bits per heavy atom. The first-order chi connectivity index (χ1) is 8.48. The molecule has 0 aromatic carbocycles. The molecule has 5 nitrogen and oxygen atoms in total. The minimum atomic E-state index is -1.02. The number of hydrogen-bond acceptors (Lipinski definition) is 4. The van der Waals surface area contributed by atoms with Crippen LogP contribution < -0.4 is 5.32 Å². The van der Waals surface area contributed by atoms with E-state index in [-0.39, 0.29) is 11.1 Å². The molecule has 1 heterocycles. The van der Waals surface area contributed by atoms with Gasteiger partial charge in [-0.15, -0.1) is 0 Å². The molecule has 0 spiro atoms. The Labute approximate surface area is 107 Å². The molecule has 2 rings (SSSR count). The van der Waals surface area contributed by atoms with Gasteiger partial charge < -0.3 is 10.4 Å². The number of carbonyl (C=O) groups is 1. The minimum Gasteiger partial charge on any atom is -0.477 e. The van der Waals surface area contributed by atoms with Gasteiger partial charge >= 0.3 is 5.97 Å². The molecule has 1 aliphatic carbocycles. The highest BCUT2D eigenvalue weighted by atomic mass is 16.4. The molecule has 0 bridgehead atoms. The van der Waals surface area contributed by atoms with E-state index in [2.05, 4.69) is 22.2 Å². The number of anilines is 1. The lowest BCUT2D eigenvalue weighted by molar-refractivity contribution is 0.0690. The summed E-state index contributed by atoms with van der Waals surface area (Å²) in [4.78, 5) is 19.1. The van der Waals surface area contributed by atoms with Crippen LogP contribution in [0.3, 0.4) is 0 Å². The number of nitrogens with one attached hydrogen (secondary N) is 1. The van der Waals surface area contributed by atoms with Crippen molar-refractivity contribution in [1.29, 1.82) is 0 Å². The molecule has 1 fully saturated rings. The number of aromatic nitrogens is 2. The van der Waals surface area contributed by atoms with Gasteiger partial charge in [-0.05, 0) is 31.2 Å². The average Bonchev–Trinajstić information content (AvgIpc) is 2.73. The molecule has 0 saturated heterocycles. The van der Waals surface area contributed by atoms with E-state index >= 15 is 0 Å². The predicted molar refractivity (Wildman–Crippen MR) is 68.8 cm³/mol. The molecule has 1 aliphatic rings. The summed E-state index contributed by atoms with van der Waals surface area (Å²) in [5, 5.41) is 12.1. The van der Waals surface area contributed by atoms with E-state index in [1.165, 1.54) is 31.7 Å². The molecule has 5 heteroatoms. The Morgan fingerprint density at radius 2 is 2.11 bits per heavy atom. The Bertz CT molecular complexity index is 454. The second-order valence-electron chi connectivity index (χ2n) is 5.39. The van der Waals surface area contributed by atoms with Gasteiger partial charge in [-0.2, -0.15) is 0 Å². The van der Waals surface area contributed by atoms with Gasteiger partial charge in [-0.25, -0.2) is 14.8 Å². The highest BCUT2D eigenvalue weighted by molar-refractivity contribution is 5.85. The first-order valence-corrected chi connectivity index (χ1v) is 6.31. The van der Waals surface area contributed by atoms with Gasteiger partial charge in [-0.1, -0.05) is 19.8 Å². The lowest BCUT2D eigenvalue weighted by Crippen LogP contribution is -2.24. The van der Waals surface area contributed by atoms with E-state index in [4.69, 9.17) is 5.11 Å². The summed E-state index contributed by atoms with van der Waals surface area (Å²) in [6.07, 6.45) is 4.95. The summed E-state index contributed by atoms with van der Waals surface area (Å²) in [6, 6.07) is 1.48. The zero-order valence-corrected chi connectivity index (χ0v) is 10.9. The molecule has 2 N–H and O–H groups in total. The number of aryl methyl sites for hydroxylation is 1. The first kappa shape index (κ1) is 12.8. The Hall–Kier alpha value is -1.65. The third-order valence-electron chi connectivity index (χ3n) is 3.56. The topological polar surface area (TPSA) is 75.1 Å². The first-order valence-electron chi connectivity index (χ1n) is 6.31. The Balaban J connectivity index is 2.07. The van der Waals surface area contributed by atoms with Gasteiger partial charge in [0.2, 0.25) is 5.95 Å². The molecule has 98 valence electrons. The second kappa shape index (κ2) is 4.92. The fourth-order valence-corrected chi connectivity index (χ4v) is 2.45. The van der Waals surface area contributed by atoms with E-state index in [9.17, 15) is 4.79 Å². The van der Waals surface area contributed by atoms with Crippen LogP contribution in [-0.2, 0) is 0 Å². The maximum atomic E-state index is 10.9. The van der Waals surface area contributed by atoms with Crippen LogP contribution >= 0.6 is 0 Å². The Kier molecular flexibility index (Phi) is 3.50. The van der Waals surface area contributed by atoms with Crippen LogP contribution in [0.25, 0.3) is 0 Å². The van der Waals surface area contributed by atoms with Crippen LogP contribution in [0.15, 0.2) is 6.07 Å². The number of carboxylic acid groups (broad SMARTS) is 1. The molecule has 0 unspecified atom stereocenters. The van der Waals surface area contributed by atoms with Crippen molar-refractivity contribution in [1.82, 2.24) is 9.97 Å². The van der Waals surface area contributed by atoms with Crippen LogP contribution in [0.1, 0.15) is 48.8 Å². The van der Waals surface area contributed by atoms with Crippen LogP contribution in [0.2, 0.25) is 0 Å². The van der Waals surface area contributed by atoms with Gasteiger partial charge in [0.05, 0.1) is 0 Å². The highest BCUT2D eigenvalue weighted by Gasteiger charge is 2.28. The van der Waals surface area contributed by atoms with E-state index in [0.29, 0.717) is 11.6 Å². The van der Waals surface area contributed by atoms with Crippen molar-refractivity contribution >= 4 is 11.9 Å². The molecule has 1 aromatic rings. The fraction of sp³-hybridized carbons (Fsp3) is 0.615. The zero-order valence-electron chi connectivity index (χ0n) is 10.9. The minimum absolute atomic E-state index is 0.0431. The Morgan fingerprint density at radius 3 is 2.72 bits per heavy atom. The number of rotatable bonds is 4. The smallest absolute Gasteiger partial charge is 0.354 e. The van der Waals surface area contributed by atoms with Crippen LogP contribution in [0.4, 0.5) is 5.95 Å². The molecule has 0 atom stereocenters. The van der Waals surface area contributed by atoms with Crippen molar-refractivity contribution in [3.05, 3.63) is 17.5 Å². The maximum absolute atomic E-state index is 10.9. The number of carboxylic acids is 1. The summed E-state index contributed by atoms with van der Waals surface area (Å²) in [5.41, 5.74) is 0.999. The van der Waals surface area contributed by atoms with Crippen LogP contribution in [-0.4, -0.2) is 27.6 Å². The predicted octanol–water partition coefficient (Wildman–Crippen LogP) is 2.48. The molecule has 0 radical (unpaired) electrons. The lowest BCUT2D eigenvalue weighted by atomic mass is 9.89. The molecule has 0 aliphatic heterocycles. The van der Waals surface area contributed by atoms with Crippen molar-refractivity contribution in [3.63, 3.8) is 0 Å². The highest BCUT2D eigenvalue weighted by Crippen LogP contribution is 2.37. The zero-order chi connectivity index (χ0) is 13.2. The third-order valence-corrected chi connectivity index (χ3v) is 3.56. The van der Waals surface area contributed by atoms with E-state index in [0.717, 1.165) is 6.54 Å². The maximum Gasteiger partial charge on any atom is 0.354 e. The standard InChI is InChI=1S/C13H19N3O2/c1-9-7-10(11(17)18)16-12(15-9)14-8-13(2)5-3-4-6-13/h7H,3-6,8H2,1-2H3,(H,17,18)(H,14,15,16). The van der Waals surface area contributed by atoms with Gasteiger partial charge in [0.1, 0.15) is 0 Å². The largest absolute Gasteiger partial charge is 0.477 e. The van der Waals surface area contributed by atoms with E-state index in [1.54, 1.807) is 6.92 Å². The van der Waals surface area contributed by atoms with Crippen molar-refractivity contribution in [2.75, 3.05) is 11.9 Å². The van der Waals surface area contributed by atoms with E-state index in [1.807, 2.05) is 0 Å². The lowest BCUT2D eigenvalue weighted by Gasteiger charge is -2.23. The molecule has 1 saturated carbocycles. The molecule has 1 aromatic heterocycles. The summed E-state index contributed by atoms with van der Waals surface area (Å²) < 4.78 is 0. The molecular weight excluding hydrogens is 230 g/mol. The van der Waals surface area contributed by atoms with Crippen molar-refractivity contribution in [3.8, 4) is 0 Å². The summed E-state index contributed by atoms with van der Waals surface area (Å²) >= 11 is 0. The average molecular weight is 249 g/mol. The van der Waals surface area contributed by atoms with Gasteiger partial charge in [0.15, 0.2) is 5.69 Å². The van der Waals surface area contributed by atoms with Crippen molar-refractivity contribution < 1.29 is 9.90 Å². The summed E-state index contributed by atoms with van der Waals surface area (Å²) in [7, 11) is 0. The number of aromatic carboxylic acids is 1. The quantitative estimate of drug-likeness (QED) is 0.857. The van der Waals surface area contributed by atoms with Gasteiger partial charge in [0.25, 0.3) is 0 Å². The van der Waals surface area contributed by atoms with Gasteiger partial charge in [0, 0.05) is 12.2 Å². The molecular formula is C13H19N3O2. The monoisotopic (exact) mass is 249 g/mol. The van der Waals surface area contributed by atoms with Crippen LogP contribution in [0, 0.1) is 12.3 Å².